The Bertz CT molecular complexity index is 939. The predicted octanol–water partition coefficient (Wildman–Crippen LogP) is 4.30. The first-order valence-electron chi connectivity index (χ1n) is 9.80. The van der Waals surface area contributed by atoms with Crippen molar-refractivity contribution < 1.29 is 18.4 Å². The summed E-state index contributed by atoms with van der Waals surface area (Å²) >= 11 is 0. The van der Waals surface area contributed by atoms with Gasteiger partial charge in [0.2, 0.25) is 0 Å². The molecule has 4 rings (SSSR count). The fraction of sp³-hybridized carbons (Fsp3) is 0.409. The first-order chi connectivity index (χ1) is 13.7. The number of methoxy groups -OCH3 is 1. The van der Waals surface area contributed by atoms with Crippen LogP contribution in [0.4, 0.5) is 0 Å². The Morgan fingerprint density at radius 3 is 2.79 bits per heavy atom. The van der Waals surface area contributed by atoms with Crippen LogP contribution in [0.5, 0.6) is 5.75 Å². The number of rotatable bonds is 6. The number of carbonyl (C=O) groups is 1. The minimum atomic E-state index is -0.207. The molecule has 6 heteroatoms. The molecule has 0 unspecified atom stereocenters. The summed E-state index contributed by atoms with van der Waals surface area (Å²) in [4.78, 5) is 15.2. The van der Waals surface area contributed by atoms with Crippen LogP contribution in [0.3, 0.4) is 0 Å². The molecule has 1 aliphatic rings. The van der Waals surface area contributed by atoms with Gasteiger partial charge in [0, 0.05) is 17.5 Å². The van der Waals surface area contributed by atoms with Crippen molar-refractivity contribution >= 4 is 16.9 Å². The van der Waals surface area contributed by atoms with Gasteiger partial charge in [0.25, 0.3) is 5.91 Å². The van der Waals surface area contributed by atoms with Crippen molar-refractivity contribution in [3.63, 3.8) is 0 Å². The zero-order valence-corrected chi connectivity index (χ0v) is 16.4. The molecule has 6 nitrogen and oxygen atoms in total. The average molecular weight is 382 g/mol. The molecule has 3 heterocycles. The normalized spacial score (nSPS) is 16.2. The van der Waals surface area contributed by atoms with Gasteiger partial charge >= 0.3 is 0 Å². The number of benzene rings is 1. The Hall–Kier alpha value is -2.73. The van der Waals surface area contributed by atoms with E-state index in [-0.39, 0.29) is 11.9 Å². The highest BCUT2D eigenvalue weighted by atomic mass is 16.5. The third kappa shape index (κ3) is 3.64. The van der Waals surface area contributed by atoms with Crippen LogP contribution in [0.15, 0.2) is 45.4 Å². The van der Waals surface area contributed by atoms with Crippen molar-refractivity contribution in [2.75, 3.05) is 26.7 Å². The number of ether oxygens (including phenoxy) is 1. The molecule has 0 radical (unpaired) electrons. The van der Waals surface area contributed by atoms with Crippen LogP contribution in [0.25, 0.3) is 11.0 Å². The van der Waals surface area contributed by atoms with E-state index >= 15 is 0 Å². The number of hydrogen-bond donors (Lipinski definition) is 1. The SMILES string of the molecule is COc1ccc2oc(C(=O)NC[C@H](c3ccco3)N3CCCCC3)c(C)c2c1. The molecular weight excluding hydrogens is 356 g/mol. The second-order valence-electron chi connectivity index (χ2n) is 7.26. The lowest BCUT2D eigenvalue weighted by molar-refractivity contribution is 0.0888. The van der Waals surface area contributed by atoms with Crippen LogP contribution in [0.1, 0.15) is 47.2 Å². The van der Waals surface area contributed by atoms with Crippen molar-refractivity contribution in [2.24, 2.45) is 0 Å². The first kappa shape index (κ1) is 18.6. The van der Waals surface area contributed by atoms with E-state index in [0.29, 0.717) is 17.9 Å². The minimum Gasteiger partial charge on any atom is -0.497 e. The zero-order valence-electron chi connectivity index (χ0n) is 16.4. The second-order valence-corrected chi connectivity index (χ2v) is 7.26. The number of nitrogens with one attached hydrogen (secondary N) is 1. The standard InChI is InChI=1S/C22H26N2O4/c1-15-17-13-16(26-2)8-9-19(17)28-21(15)22(25)23-14-18(20-7-6-12-27-20)24-10-4-3-5-11-24/h6-9,12-13,18H,3-5,10-11,14H2,1-2H3,(H,23,25)/t18-/m1/s1. The van der Waals surface area contributed by atoms with Crippen LogP contribution in [-0.4, -0.2) is 37.6 Å². The van der Waals surface area contributed by atoms with Crippen molar-refractivity contribution in [1.29, 1.82) is 0 Å². The smallest absolute Gasteiger partial charge is 0.287 e. The van der Waals surface area contributed by atoms with Crippen molar-refractivity contribution in [3.05, 3.63) is 53.7 Å². The van der Waals surface area contributed by atoms with Crippen molar-refractivity contribution in [2.45, 2.75) is 32.2 Å². The van der Waals surface area contributed by atoms with Gasteiger partial charge in [-0.1, -0.05) is 6.42 Å². The lowest BCUT2D eigenvalue weighted by Crippen LogP contribution is -2.40. The molecule has 1 aliphatic heterocycles. The highest BCUT2D eigenvalue weighted by Crippen LogP contribution is 2.29. The molecule has 0 bridgehead atoms. The lowest BCUT2D eigenvalue weighted by atomic mass is 10.1. The summed E-state index contributed by atoms with van der Waals surface area (Å²) in [5, 5.41) is 3.94. The predicted molar refractivity (Wildman–Crippen MR) is 107 cm³/mol. The quantitative estimate of drug-likeness (QED) is 0.688. The van der Waals surface area contributed by atoms with E-state index in [1.54, 1.807) is 13.4 Å². The molecule has 1 N–H and O–H groups in total. The molecule has 0 saturated carbocycles. The van der Waals surface area contributed by atoms with Crippen LogP contribution >= 0.6 is 0 Å². The van der Waals surface area contributed by atoms with E-state index in [0.717, 1.165) is 35.5 Å². The van der Waals surface area contributed by atoms with Gasteiger partial charge in [0.15, 0.2) is 5.76 Å². The monoisotopic (exact) mass is 382 g/mol. The van der Waals surface area contributed by atoms with E-state index in [1.807, 2.05) is 37.3 Å². The van der Waals surface area contributed by atoms with Crippen LogP contribution in [0.2, 0.25) is 0 Å². The molecule has 1 saturated heterocycles. The number of aryl methyl sites for hydroxylation is 1. The van der Waals surface area contributed by atoms with Crippen LogP contribution in [-0.2, 0) is 0 Å². The Morgan fingerprint density at radius 1 is 1.25 bits per heavy atom. The number of piperidine rings is 1. The number of fused-ring (bicyclic) bond motifs is 1. The summed E-state index contributed by atoms with van der Waals surface area (Å²) in [6, 6.07) is 9.46. The molecule has 0 spiro atoms. The Balaban J connectivity index is 1.52. The van der Waals surface area contributed by atoms with Crippen LogP contribution in [0, 0.1) is 6.92 Å². The molecule has 1 aromatic carbocycles. The molecular formula is C22H26N2O4. The maximum atomic E-state index is 12.9. The third-order valence-electron chi connectivity index (χ3n) is 5.51. The molecule has 0 aliphatic carbocycles. The second kappa shape index (κ2) is 8.10. The molecule has 148 valence electrons. The molecule has 1 atom stereocenters. The Morgan fingerprint density at radius 2 is 2.07 bits per heavy atom. The number of hydrogen-bond acceptors (Lipinski definition) is 5. The fourth-order valence-corrected chi connectivity index (χ4v) is 3.93. The summed E-state index contributed by atoms with van der Waals surface area (Å²) < 4.78 is 16.8. The highest BCUT2D eigenvalue weighted by molar-refractivity contribution is 5.99. The van der Waals surface area contributed by atoms with Crippen LogP contribution < -0.4 is 10.1 Å². The first-order valence-corrected chi connectivity index (χ1v) is 9.80. The number of furan rings is 2. The van der Waals surface area contributed by atoms with E-state index in [2.05, 4.69) is 10.2 Å². The summed E-state index contributed by atoms with van der Waals surface area (Å²) in [7, 11) is 1.62. The summed E-state index contributed by atoms with van der Waals surface area (Å²) in [6.07, 6.45) is 5.30. The Labute approximate surface area is 164 Å². The van der Waals surface area contributed by atoms with Gasteiger partial charge in [0.1, 0.15) is 17.1 Å². The van der Waals surface area contributed by atoms with Gasteiger partial charge in [-0.25, -0.2) is 0 Å². The third-order valence-corrected chi connectivity index (χ3v) is 5.51. The summed E-state index contributed by atoms with van der Waals surface area (Å²) in [6.45, 7) is 4.41. The molecule has 28 heavy (non-hydrogen) atoms. The van der Waals surface area contributed by atoms with Crippen molar-refractivity contribution in [1.82, 2.24) is 10.2 Å². The highest BCUT2D eigenvalue weighted by Gasteiger charge is 2.26. The lowest BCUT2D eigenvalue weighted by Gasteiger charge is -2.33. The van der Waals surface area contributed by atoms with E-state index in [1.165, 1.54) is 19.3 Å². The molecule has 1 fully saturated rings. The molecule has 3 aromatic rings. The van der Waals surface area contributed by atoms with Gasteiger partial charge in [-0.05, 0) is 63.2 Å². The van der Waals surface area contributed by atoms with E-state index in [9.17, 15) is 4.79 Å². The molecule has 1 amide bonds. The number of nitrogens with zero attached hydrogens (tertiary/aromatic N) is 1. The number of carbonyl (C=O) groups excluding carboxylic acids is 1. The van der Waals surface area contributed by atoms with Gasteiger partial charge in [-0.2, -0.15) is 0 Å². The van der Waals surface area contributed by atoms with E-state index in [4.69, 9.17) is 13.6 Å². The minimum absolute atomic E-state index is 0.0315. The van der Waals surface area contributed by atoms with Gasteiger partial charge in [0.05, 0.1) is 19.4 Å². The average Bonchev–Trinajstić information content (AvgIpc) is 3.37. The largest absolute Gasteiger partial charge is 0.497 e. The summed E-state index contributed by atoms with van der Waals surface area (Å²) in [5.74, 6) is 1.76. The maximum absolute atomic E-state index is 12.9. The van der Waals surface area contributed by atoms with Crippen molar-refractivity contribution in [3.8, 4) is 5.75 Å². The fourth-order valence-electron chi connectivity index (χ4n) is 3.93. The summed E-state index contributed by atoms with van der Waals surface area (Å²) in [5.41, 5.74) is 1.50. The number of amides is 1. The zero-order chi connectivity index (χ0) is 19.5. The van der Waals surface area contributed by atoms with Gasteiger partial charge in [-0.3, -0.25) is 9.69 Å². The van der Waals surface area contributed by atoms with Gasteiger partial charge < -0.3 is 18.9 Å². The Kier molecular flexibility index (Phi) is 5.39. The van der Waals surface area contributed by atoms with Gasteiger partial charge in [-0.15, -0.1) is 0 Å². The maximum Gasteiger partial charge on any atom is 0.287 e. The molecule has 2 aromatic heterocycles. The topological polar surface area (TPSA) is 67.8 Å². The van der Waals surface area contributed by atoms with E-state index < -0.39 is 0 Å². The number of likely N-dealkylation sites (tertiary alicyclic amines) is 1.